The predicted molar refractivity (Wildman–Crippen MR) is 81.6 cm³/mol. The molecule has 0 bridgehead atoms. The highest BCUT2D eigenvalue weighted by atomic mass is 32.2. The van der Waals surface area contributed by atoms with Gasteiger partial charge in [0.1, 0.15) is 0 Å². The molecule has 0 N–H and O–H groups in total. The molecule has 2 rings (SSSR count). The molecule has 0 unspecified atom stereocenters. The number of ether oxygens (including phenoxy) is 1. The highest BCUT2D eigenvalue weighted by molar-refractivity contribution is 8.13. The summed E-state index contributed by atoms with van der Waals surface area (Å²) in [4.78, 5) is 13.1. The Balaban J connectivity index is 1.88. The molecule has 1 aromatic rings. The quantitative estimate of drug-likeness (QED) is 0.846. The van der Waals surface area contributed by atoms with Crippen molar-refractivity contribution in [3.8, 4) is 0 Å². The maximum atomic E-state index is 10.8. The van der Waals surface area contributed by atoms with E-state index < -0.39 is 0 Å². The van der Waals surface area contributed by atoms with Gasteiger partial charge in [-0.2, -0.15) is 0 Å². The van der Waals surface area contributed by atoms with Crippen LogP contribution in [0.1, 0.15) is 12.5 Å². The molecule has 102 valence electrons. The fourth-order valence-corrected chi connectivity index (χ4v) is 2.39. The molecule has 4 heteroatoms. The van der Waals surface area contributed by atoms with Gasteiger partial charge in [0.15, 0.2) is 5.12 Å². The minimum Gasteiger partial charge on any atom is -0.378 e. The van der Waals surface area contributed by atoms with Crippen LogP contribution in [0.2, 0.25) is 0 Å². The molecule has 1 heterocycles. The number of hydrogen-bond donors (Lipinski definition) is 0. The highest BCUT2D eigenvalue weighted by Crippen LogP contribution is 2.17. The molecule has 0 radical (unpaired) electrons. The summed E-state index contributed by atoms with van der Waals surface area (Å²) < 4.78 is 5.35. The largest absolute Gasteiger partial charge is 0.378 e. The lowest BCUT2D eigenvalue weighted by Crippen LogP contribution is -2.36. The van der Waals surface area contributed by atoms with E-state index in [4.69, 9.17) is 4.74 Å². The van der Waals surface area contributed by atoms with Crippen molar-refractivity contribution in [2.45, 2.75) is 6.92 Å². The van der Waals surface area contributed by atoms with Crippen LogP contribution in [0.15, 0.2) is 30.3 Å². The highest BCUT2D eigenvalue weighted by Gasteiger charge is 2.10. The number of carbonyl (C=O) groups is 1. The Labute approximate surface area is 118 Å². The first kappa shape index (κ1) is 14.2. The van der Waals surface area contributed by atoms with Gasteiger partial charge >= 0.3 is 0 Å². The molecule has 1 fully saturated rings. The van der Waals surface area contributed by atoms with Crippen molar-refractivity contribution in [1.82, 2.24) is 0 Å². The third-order valence-electron chi connectivity index (χ3n) is 2.96. The third kappa shape index (κ3) is 4.73. The van der Waals surface area contributed by atoms with Crippen molar-refractivity contribution in [3.63, 3.8) is 0 Å². The first-order valence-electron chi connectivity index (χ1n) is 6.48. The fraction of sp³-hybridized carbons (Fsp3) is 0.400. The summed E-state index contributed by atoms with van der Waals surface area (Å²) in [5.74, 6) is 0.737. The van der Waals surface area contributed by atoms with E-state index in [-0.39, 0.29) is 5.12 Å². The van der Waals surface area contributed by atoms with Crippen LogP contribution < -0.4 is 4.90 Å². The lowest BCUT2D eigenvalue weighted by molar-refractivity contribution is -0.109. The van der Waals surface area contributed by atoms with Crippen molar-refractivity contribution in [2.24, 2.45) is 0 Å². The normalized spacial score (nSPS) is 15.9. The van der Waals surface area contributed by atoms with E-state index in [2.05, 4.69) is 35.2 Å². The van der Waals surface area contributed by atoms with E-state index in [9.17, 15) is 4.79 Å². The summed E-state index contributed by atoms with van der Waals surface area (Å²) in [6.07, 6.45) is 4.08. The zero-order valence-electron chi connectivity index (χ0n) is 11.2. The average molecular weight is 277 g/mol. The van der Waals surface area contributed by atoms with Crippen molar-refractivity contribution < 1.29 is 9.53 Å². The molecule has 0 spiro atoms. The van der Waals surface area contributed by atoms with E-state index in [1.807, 2.05) is 6.08 Å². The Morgan fingerprint density at radius 2 is 2.00 bits per heavy atom. The molecule has 0 aromatic heterocycles. The van der Waals surface area contributed by atoms with Crippen LogP contribution in [0.5, 0.6) is 0 Å². The van der Waals surface area contributed by atoms with Crippen LogP contribution in [0.25, 0.3) is 6.08 Å². The maximum Gasteiger partial charge on any atom is 0.186 e. The molecule has 1 aliphatic heterocycles. The monoisotopic (exact) mass is 277 g/mol. The number of nitrogens with zero attached hydrogens (tertiary/aromatic N) is 1. The lowest BCUT2D eigenvalue weighted by Gasteiger charge is -2.28. The van der Waals surface area contributed by atoms with Crippen molar-refractivity contribution in [3.05, 3.63) is 35.9 Å². The van der Waals surface area contributed by atoms with Gasteiger partial charge in [0.25, 0.3) is 0 Å². The molecule has 0 amide bonds. The molecule has 0 atom stereocenters. The summed E-state index contributed by atoms with van der Waals surface area (Å²) in [6, 6.07) is 8.51. The first-order valence-corrected chi connectivity index (χ1v) is 7.47. The molecule has 1 aromatic carbocycles. The van der Waals surface area contributed by atoms with Gasteiger partial charge in [-0.15, -0.1) is 0 Å². The zero-order valence-corrected chi connectivity index (χ0v) is 12.0. The summed E-state index contributed by atoms with van der Waals surface area (Å²) >= 11 is 1.33. The molecular formula is C15H19NO2S. The van der Waals surface area contributed by atoms with Gasteiger partial charge in [-0.05, 0) is 17.7 Å². The Morgan fingerprint density at radius 1 is 1.32 bits per heavy atom. The Kier molecular flexibility index (Phi) is 5.48. The van der Waals surface area contributed by atoms with Crippen molar-refractivity contribution in [2.75, 3.05) is 37.0 Å². The van der Waals surface area contributed by atoms with Crippen LogP contribution >= 0.6 is 11.8 Å². The van der Waals surface area contributed by atoms with E-state index in [1.165, 1.54) is 23.0 Å². The molecule has 0 saturated carbocycles. The standard InChI is InChI=1S/C15H19NO2S/c1-13(17)19-12-2-3-14-4-6-15(7-5-14)16-8-10-18-11-9-16/h2-7H,8-12H2,1H3. The number of hydrogen-bond acceptors (Lipinski definition) is 4. The second kappa shape index (κ2) is 7.36. The SMILES string of the molecule is CC(=O)SCC=Cc1ccc(N2CCOCC2)cc1. The van der Waals surface area contributed by atoms with Gasteiger partial charge in [0.2, 0.25) is 0 Å². The van der Waals surface area contributed by atoms with E-state index in [0.29, 0.717) is 0 Å². The van der Waals surface area contributed by atoms with Crippen LogP contribution in [-0.4, -0.2) is 37.2 Å². The minimum absolute atomic E-state index is 0.160. The van der Waals surface area contributed by atoms with Gasteiger partial charge in [-0.3, -0.25) is 4.79 Å². The summed E-state index contributed by atoms with van der Waals surface area (Å²) in [5.41, 5.74) is 2.42. The van der Waals surface area contributed by atoms with Gasteiger partial charge < -0.3 is 9.64 Å². The van der Waals surface area contributed by atoms with E-state index in [1.54, 1.807) is 6.92 Å². The number of rotatable bonds is 4. The predicted octanol–water partition coefficient (Wildman–Crippen LogP) is 2.82. The number of thioether (sulfide) groups is 1. The van der Waals surface area contributed by atoms with Gasteiger partial charge in [-0.25, -0.2) is 0 Å². The van der Waals surface area contributed by atoms with E-state index in [0.717, 1.165) is 32.1 Å². The van der Waals surface area contributed by atoms with Gasteiger partial charge in [-0.1, -0.05) is 36.0 Å². The zero-order chi connectivity index (χ0) is 13.5. The van der Waals surface area contributed by atoms with Crippen molar-refractivity contribution in [1.29, 1.82) is 0 Å². The lowest BCUT2D eigenvalue weighted by atomic mass is 10.2. The van der Waals surface area contributed by atoms with Gasteiger partial charge in [0, 0.05) is 31.5 Å². The molecule has 3 nitrogen and oxygen atoms in total. The Morgan fingerprint density at radius 3 is 2.63 bits per heavy atom. The number of morpholine rings is 1. The minimum atomic E-state index is 0.160. The maximum absolute atomic E-state index is 10.8. The van der Waals surface area contributed by atoms with Crippen LogP contribution in [-0.2, 0) is 9.53 Å². The fourth-order valence-electron chi connectivity index (χ4n) is 1.97. The number of benzene rings is 1. The first-order chi connectivity index (χ1) is 9.25. The number of carbonyl (C=O) groups excluding carboxylic acids is 1. The smallest absolute Gasteiger partial charge is 0.186 e. The molecule has 0 aliphatic carbocycles. The molecular weight excluding hydrogens is 258 g/mol. The summed E-state index contributed by atoms with van der Waals surface area (Å²) in [6.45, 7) is 5.14. The Bertz CT molecular complexity index is 436. The van der Waals surface area contributed by atoms with E-state index >= 15 is 0 Å². The topological polar surface area (TPSA) is 29.5 Å². The average Bonchev–Trinajstić information content (AvgIpc) is 2.45. The molecule has 19 heavy (non-hydrogen) atoms. The number of anilines is 1. The Hall–Kier alpha value is -1.26. The second-order valence-corrected chi connectivity index (χ2v) is 5.59. The summed E-state index contributed by atoms with van der Waals surface area (Å²) in [5, 5.41) is 0.160. The summed E-state index contributed by atoms with van der Waals surface area (Å²) in [7, 11) is 0. The third-order valence-corrected chi connectivity index (χ3v) is 3.73. The second-order valence-electron chi connectivity index (χ2n) is 4.40. The van der Waals surface area contributed by atoms with Crippen LogP contribution in [0, 0.1) is 0 Å². The van der Waals surface area contributed by atoms with Crippen molar-refractivity contribution >= 4 is 28.6 Å². The van der Waals surface area contributed by atoms with Crippen LogP contribution in [0.4, 0.5) is 5.69 Å². The van der Waals surface area contributed by atoms with Crippen LogP contribution in [0.3, 0.4) is 0 Å². The van der Waals surface area contributed by atoms with Gasteiger partial charge in [0.05, 0.1) is 13.2 Å². The molecule has 1 saturated heterocycles. The molecule has 1 aliphatic rings.